The van der Waals surface area contributed by atoms with Gasteiger partial charge in [-0.1, -0.05) is 23.2 Å². The van der Waals surface area contributed by atoms with Crippen molar-refractivity contribution in [3.8, 4) is 0 Å². The summed E-state index contributed by atoms with van der Waals surface area (Å²) in [4.78, 5) is 15.6. The summed E-state index contributed by atoms with van der Waals surface area (Å²) in [6, 6.07) is 1.62. The van der Waals surface area contributed by atoms with E-state index >= 15 is 0 Å². The van der Waals surface area contributed by atoms with E-state index in [0.717, 1.165) is 0 Å². The first kappa shape index (κ1) is 13.3. The topological polar surface area (TPSA) is 44.1 Å². The SMILES string of the molecule is COC(=O)c1nc(Cl)cc2c(Cl)cn(SI)c12. The Hall–Kier alpha value is -0.180. The molecule has 0 radical (unpaired) electrons. The predicted molar refractivity (Wildman–Crippen MR) is 78.1 cm³/mol. The lowest BCUT2D eigenvalue weighted by molar-refractivity contribution is 0.0596. The minimum atomic E-state index is -0.543. The Bertz CT molecular complexity index is 602. The van der Waals surface area contributed by atoms with Gasteiger partial charge >= 0.3 is 5.97 Å². The Labute approximate surface area is 123 Å². The Balaban J connectivity index is 2.85. The molecule has 0 fully saturated rings. The smallest absolute Gasteiger partial charge is 0.358 e. The summed E-state index contributed by atoms with van der Waals surface area (Å²) in [5.41, 5.74) is 0.761. The second kappa shape index (κ2) is 5.21. The molecule has 2 aromatic heterocycles. The zero-order chi connectivity index (χ0) is 12.6. The zero-order valence-electron chi connectivity index (χ0n) is 8.41. The van der Waals surface area contributed by atoms with Crippen LogP contribution in [0.5, 0.6) is 0 Å². The molecule has 0 aliphatic rings. The van der Waals surface area contributed by atoms with Crippen molar-refractivity contribution in [1.82, 2.24) is 8.96 Å². The molecule has 0 saturated heterocycles. The molecule has 0 aliphatic carbocycles. The lowest BCUT2D eigenvalue weighted by Crippen LogP contribution is -2.06. The highest BCUT2D eigenvalue weighted by Gasteiger charge is 2.19. The first-order valence-corrected chi connectivity index (χ1v) is 8.40. The molecule has 8 heteroatoms. The summed E-state index contributed by atoms with van der Waals surface area (Å²) in [5.74, 6) is -0.543. The van der Waals surface area contributed by atoms with E-state index in [9.17, 15) is 4.79 Å². The number of aromatic nitrogens is 2. The van der Waals surface area contributed by atoms with Gasteiger partial charge < -0.3 is 4.74 Å². The molecule has 2 aromatic rings. The van der Waals surface area contributed by atoms with Crippen molar-refractivity contribution in [2.75, 3.05) is 7.11 Å². The number of hydrogen-bond acceptors (Lipinski definition) is 4. The molecule has 90 valence electrons. The summed E-state index contributed by atoms with van der Waals surface area (Å²) in [5, 5.41) is 1.39. The summed E-state index contributed by atoms with van der Waals surface area (Å²) in [7, 11) is 2.67. The molecule has 0 unspecified atom stereocenters. The monoisotopic (exact) mass is 402 g/mol. The van der Waals surface area contributed by atoms with Crippen molar-refractivity contribution in [1.29, 1.82) is 0 Å². The highest BCUT2D eigenvalue weighted by molar-refractivity contribution is 14.2. The second-order valence-corrected chi connectivity index (χ2v) is 5.56. The molecular weight excluding hydrogens is 398 g/mol. The fraction of sp³-hybridized carbons (Fsp3) is 0.111. The van der Waals surface area contributed by atoms with E-state index in [-0.39, 0.29) is 10.8 Å². The molecule has 0 aliphatic heterocycles. The predicted octanol–water partition coefficient (Wildman–Crippen LogP) is 3.98. The van der Waals surface area contributed by atoms with Crippen molar-refractivity contribution in [2.45, 2.75) is 0 Å². The minimum Gasteiger partial charge on any atom is -0.464 e. The summed E-state index contributed by atoms with van der Waals surface area (Å²) in [6.45, 7) is 0. The summed E-state index contributed by atoms with van der Waals surface area (Å²) >= 11 is 14.0. The van der Waals surface area contributed by atoms with Crippen LogP contribution in [0.1, 0.15) is 10.5 Å². The fourth-order valence-electron chi connectivity index (χ4n) is 1.44. The zero-order valence-corrected chi connectivity index (χ0v) is 12.9. The number of hydrogen-bond donors (Lipinski definition) is 0. The minimum absolute atomic E-state index is 0.158. The number of carbonyl (C=O) groups is 1. The first-order chi connectivity index (χ1) is 8.08. The number of rotatable bonds is 2. The summed E-state index contributed by atoms with van der Waals surface area (Å²) in [6.07, 6.45) is 1.70. The molecule has 0 N–H and O–H groups in total. The Morgan fingerprint density at radius 3 is 2.88 bits per heavy atom. The molecule has 4 nitrogen and oxygen atoms in total. The van der Waals surface area contributed by atoms with Gasteiger partial charge in [-0.25, -0.2) is 9.78 Å². The van der Waals surface area contributed by atoms with E-state index in [4.69, 9.17) is 23.2 Å². The highest BCUT2D eigenvalue weighted by Crippen LogP contribution is 2.34. The lowest BCUT2D eigenvalue weighted by atomic mass is 10.2. The van der Waals surface area contributed by atoms with E-state index in [0.29, 0.717) is 15.9 Å². The average molecular weight is 403 g/mol. The average Bonchev–Trinajstić information content (AvgIpc) is 2.64. The maximum atomic E-state index is 11.6. The van der Waals surface area contributed by atoms with E-state index in [2.05, 4.69) is 30.9 Å². The number of fused-ring (bicyclic) bond motifs is 1. The van der Waals surface area contributed by atoms with Gasteiger partial charge in [-0.3, -0.25) is 3.97 Å². The molecule has 2 rings (SSSR count). The van der Waals surface area contributed by atoms with Gasteiger partial charge in [0.1, 0.15) is 5.15 Å². The van der Waals surface area contributed by atoms with Crippen LogP contribution in [0, 0.1) is 0 Å². The standard InChI is InChI=1S/C9H5Cl2IN2O2S/c1-16-9(15)7-8-4(2-6(11)13-7)5(10)3-14(8)17-12/h2-3H,1H3. The molecule has 0 amide bonds. The van der Waals surface area contributed by atoms with Crippen molar-refractivity contribution >= 4 is 70.4 Å². The molecule has 0 spiro atoms. The van der Waals surface area contributed by atoms with Gasteiger partial charge in [0.05, 0.1) is 17.6 Å². The van der Waals surface area contributed by atoms with Gasteiger partial charge in [-0.15, -0.1) is 0 Å². The van der Waals surface area contributed by atoms with Crippen LogP contribution in [0.15, 0.2) is 12.3 Å². The van der Waals surface area contributed by atoms with Crippen LogP contribution in [-0.4, -0.2) is 22.0 Å². The van der Waals surface area contributed by atoms with Crippen LogP contribution in [-0.2, 0) is 4.74 Å². The van der Waals surface area contributed by atoms with Crippen LogP contribution in [0.25, 0.3) is 10.9 Å². The van der Waals surface area contributed by atoms with E-state index in [1.54, 1.807) is 16.2 Å². The van der Waals surface area contributed by atoms with Crippen LogP contribution >= 0.6 is 53.5 Å². The van der Waals surface area contributed by atoms with Gasteiger partial charge in [0, 0.05) is 41.9 Å². The molecule has 17 heavy (non-hydrogen) atoms. The molecular formula is C9H5Cl2IN2O2S. The Morgan fingerprint density at radius 1 is 1.59 bits per heavy atom. The van der Waals surface area contributed by atoms with Gasteiger partial charge in [0.15, 0.2) is 5.69 Å². The number of nitrogens with zero attached hydrogens (tertiary/aromatic N) is 2. The fourth-order valence-corrected chi connectivity index (χ4v) is 3.27. The highest BCUT2D eigenvalue weighted by atomic mass is 127. The molecule has 0 bridgehead atoms. The van der Waals surface area contributed by atoms with Gasteiger partial charge in [-0.05, 0) is 6.07 Å². The number of halogens is 3. The molecule has 0 aromatic carbocycles. The van der Waals surface area contributed by atoms with Crippen LogP contribution in [0.3, 0.4) is 0 Å². The van der Waals surface area contributed by atoms with Gasteiger partial charge in [0.25, 0.3) is 0 Å². The van der Waals surface area contributed by atoms with Gasteiger partial charge in [0.2, 0.25) is 0 Å². The van der Waals surface area contributed by atoms with Crippen molar-refractivity contribution in [3.63, 3.8) is 0 Å². The van der Waals surface area contributed by atoms with Crippen molar-refractivity contribution < 1.29 is 9.53 Å². The second-order valence-electron chi connectivity index (χ2n) is 3.05. The lowest BCUT2D eigenvalue weighted by Gasteiger charge is -2.04. The van der Waals surface area contributed by atoms with Crippen molar-refractivity contribution in [2.24, 2.45) is 0 Å². The number of methoxy groups -OCH3 is 1. The first-order valence-electron chi connectivity index (χ1n) is 4.33. The van der Waals surface area contributed by atoms with E-state index in [1.165, 1.54) is 16.2 Å². The summed E-state index contributed by atoms with van der Waals surface area (Å²) < 4.78 is 6.42. The Kier molecular flexibility index (Phi) is 4.06. The molecule has 0 saturated carbocycles. The van der Waals surface area contributed by atoms with Crippen LogP contribution in [0.2, 0.25) is 10.2 Å². The molecule has 2 heterocycles. The third-order valence-corrected chi connectivity index (χ3v) is 4.33. The van der Waals surface area contributed by atoms with Crippen molar-refractivity contribution in [3.05, 3.63) is 28.1 Å². The molecule has 0 atom stereocenters. The number of esters is 1. The number of ether oxygens (including phenoxy) is 1. The van der Waals surface area contributed by atoms with Crippen LogP contribution in [0.4, 0.5) is 0 Å². The Morgan fingerprint density at radius 2 is 2.29 bits per heavy atom. The maximum absolute atomic E-state index is 11.6. The maximum Gasteiger partial charge on any atom is 0.358 e. The largest absolute Gasteiger partial charge is 0.464 e. The normalized spacial score (nSPS) is 10.8. The number of pyridine rings is 1. The third kappa shape index (κ3) is 2.35. The van der Waals surface area contributed by atoms with E-state index < -0.39 is 5.97 Å². The number of carbonyl (C=O) groups excluding carboxylic acids is 1. The third-order valence-electron chi connectivity index (χ3n) is 2.12. The van der Waals surface area contributed by atoms with E-state index in [1.807, 2.05) is 0 Å². The van der Waals surface area contributed by atoms with Crippen LogP contribution < -0.4 is 0 Å². The van der Waals surface area contributed by atoms with Gasteiger partial charge in [-0.2, -0.15) is 0 Å². The quantitative estimate of drug-likeness (QED) is 0.433.